The van der Waals surface area contributed by atoms with Gasteiger partial charge in [0.05, 0.1) is 30.8 Å². The van der Waals surface area contributed by atoms with E-state index < -0.39 is 41.1 Å². The number of nitrogens with one attached hydrogen (secondary N) is 1. The van der Waals surface area contributed by atoms with Gasteiger partial charge < -0.3 is 24.8 Å². The molecule has 5 rings (SSSR count). The number of hydrogen-bond acceptors (Lipinski definition) is 6. The van der Waals surface area contributed by atoms with E-state index in [4.69, 9.17) is 9.47 Å². The molecule has 2 unspecified atom stereocenters. The molecular weight excluding hydrogens is 472 g/mol. The van der Waals surface area contributed by atoms with Crippen LogP contribution in [0.2, 0.25) is 0 Å². The monoisotopic (exact) mass is 512 g/mol. The van der Waals surface area contributed by atoms with E-state index >= 15 is 0 Å². The molecule has 4 aliphatic rings. The molecule has 8 nitrogen and oxygen atoms in total. The highest BCUT2D eigenvalue weighted by Gasteiger charge is 2.79. The normalized spacial score (nSPS) is 33.9. The van der Waals surface area contributed by atoms with Gasteiger partial charge in [-0.05, 0) is 51.0 Å². The molecule has 3 saturated heterocycles. The van der Waals surface area contributed by atoms with E-state index in [1.54, 1.807) is 11.8 Å². The fourth-order valence-corrected chi connectivity index (χ4v) is 7.60. The van der Waals surface area contributed by atoms with E-state index in [0.29, 0.717) is 25.7 Å². The van der Waals surface area contributed by atoms with Gasteiger partial charge in [0, 0.05) is 6.04 Å². The highest BCUT2D eigenvalue weighted by Crippen LogP contribution is 2.64. The molecule has 1 aliphatic carbocycles. The van der Waals surface area contributed by atoms with Crippen LogP contribution in [-0.2, 0) is 30.3 Å². The van der Waals surface area contributed by atoms with Gasteiger partial charge in [0.1, 0.15) is 17.6 Å². The molecule has 37 heavy (non-hydrogen) atoms. The minimum absolute atomic E-state index is 0.0648. The van der Waals surface area contributed by atoms with E-state index in [-0.39, 0.29) is 31.1 Å². The molecule has 6 atom stereocenters. The van der Waals surface area contributed by atoms with Crippen LogP contribution in [0.5, 0.6) is 0 Å². The molecule has 8 heteroatoms. The topological polar surface area (TPSA) is 105 Å². The largest absolute Gasteiger partial charge is 0.466 e. The number of esters is 1. The second kappa shape index (κ2) is 10.4. The predicted octanol–water partition coefficient (Wildman–Crippen LogP) is 2.76. The molecule has 3 aliphatic heterocycles. The summed E-state index contributed by atoms with van der Waals surface area (Å²) in [6, 6.07) is 8.22. The Labute approximate surface area is 219 Å². The lowest BCUT2D eigenvalue weighted by atomic mass is 9.65. The second-order valence-corrected chi connectivity index (χ2v) is 11.2. The molecule has 4 fully saturated rings. The summed E-state index contributed by atoms with van der Waals surface area (Å²) in [6.07, 6.45) is 7.23. The summed E-state index contributed by atoms with van der Waals surface area (Å²) in [4.78, 5) is 43.2. The van der Waals surface area contributed by atoms with Gasteiger partial charge in [-0.1, -0.05) is 56.5 Å². The Hall–Kier alpha value is -2.45. The van der Waals surface area contributed by atoms with E-state index in [0.717, 1.165) is 31.2 Å². The lowest BCUT2D eigenvalue weighted by Crippen LogP contribution is -2.59. The van der Waals surface area contributed by atoms with Crippen molar-refractivity contribution in [3.63, 3.8) is 0 Å². The Morgan fingerprint density at radius 3 is 2.54 bits per heavy atom. The summed E-state index contributed by atoms with van der Waals surface area (Å²) >= 11 is 0. The minimum atomic E-state index is -1.10. The number of ether oxygens (including phenoxy) is 2. The van der Waals surface area contributed by atoms with Gasteiger partial charge in [-0.2, -0.15) is 0 Å². The van der Waals surface area contributed by atoms with Crippen LogP contribution in [-0.4, -0.2) is 70.3 Å². The van der Waals surface area contributed by atoms with E-state index in [9.17, 15) is 19.5 Å². The number of rotatable bonds is 9. The fraction of sp³-hybridized carbons (Fsp3) is 0.690. The van der Waals surface area contributed by atoms with Crippen molar-refractivity contribution in [2.24, 2.45) is 11.8 Å². The van der Waals surface area contributed by atoms with Crippen LogP contribution in [0.15, 0.2) is 30.3 Å². The number of hydrogen-bond donors (Lipinski definition) is 2. The molecule has 1 spiro atoms. The molecule has 202 valence electrons. The first-order valence-corrected chi connectivity index (χ1v) is 14.0. The Balaban J connectivity index is 1.54. The third-order valence-corrected chi connectivity index (χ3v) is 9.28. The summed E-state index contributed by atoms with van der Waals surface area (Å²) in [5, 5.41) is 13.7. The van der Waals surface area contributed by atoms with E-state index in [2.05, 4.69) is 5.32 Å². The predicted molar refractivity (Wildman–Crippen MR) is 136 cm³/mol. The summed E-state index contributed by atoms with van der Waals surface area (Å²) in [5.74, 6) is -2.50. The van der Waals surface area contributed by atoms with Crippen LogP contribution < -0.4 is 5.32 Å². The molecule has 1 aromatic rings. The van der Waals surface area contributed by atoms with Crippen molar-refractivity contribution in [2.45, 2.75) is 101 Å². The van der Waals surface area contributed by atoms with Gasteiger partial charge in [-0.3, -0.25) is 14.4 Å². The Morgan fingerprint density at radius 1 is 1.16 bits per heavy atom. The molecule has 2 N–H and O–H groups in total. The molecule has 3 heterocycles. The maximum absolute atomic E-state index is 14.3. The molecule has 2 amide bonds. The molecule has 1 aromatic carbocycles. The Bertz CT molecular complexity index is 1010. The van der Waals surface area contributed by atoms with Crippen LogP contribution in [0, 0.1) is 11.8 Å². The van der Waals surface area contributed by atoms with Crippen LogP contribution in [0.4, 0.5) is 0 Å². The quantitative estimate of drug-likeness (QED) is 0.493. The SMILES string of the molecule is CCOC(=O)[C@H]1[C@H]2C(=O)N([C@@H](CO)Cc3ccccc3)C(C(=O)NC3CCCCC3)C23CC[C@]1(CC)O3. The van der Waals surface area contributed by atoms with Crippen molar-refractivity contribution >= 4 is 17.8 Å². The number of carbonyl (C=O) groups is 3. The van der Waals surface area contributed by atoms with Crippen LogP contribution in [0.1, 0.15) is 70.8 Å². The highest BCUT2D eigenvalue weighted by atomic mass is 16.6. The standard InChI is InChI=1S/C29H40N2O6/c1-3-28-15-16-29(37-28)22(23(28)27(35)36-4-2)26(34)31(21(18-32)17-19-11-7-5-8-12-19)24(29)25(33)30-20-13-9-6-10-14-20/h5,7-8,11-12,20-24,32H,3-4,6,9-10,13-18H2,1-2H3,(H,30,33)/t21-,22+,23-,24?,28+,29?/m1/s1. The number of carbonyl (C=O) groups excluding carboxylic acids is 3. The zero-order valence-electron chi connectivity index (χ0n) is 22.0. The summed E-state index contributed by atoms with van der Waals surface area (Å²) in [7, 11) is 0. The zero-order valence-corrected chi connectivity index (χ0v) is 22.0. The third kappa shape index (κ3) is 4.26. The molecular formula is C29H40N2O6. The molecule has 0 radical (unpaired) electrons. The van der Waals surface area contributed by atoms with Crippen molar-refractivity contribution in [2.75, 3.05) is 13.2 Å². The highest BCUT2D eigenvalue weighted by molar-refractivity contribution is 5.98. The average Bonchev–Trinajstić information content (AvgIpc) is 3.52. The first-order chi connectivity index (χ1) is 17.9. The number of benzene rings is 1. The average molecular weight is 513 g/mol. The first-order valence-electron chi connectivity index (χ1n) is 14.0. The second-order valence-electron chi connectivity index (χ2n) is 11.2. The van der Waals surface area contributed by atoms with Crippen molar-refractivity contribution in [1.29, 1.82) is 0 Å². The third-order valence-electron chi connectivity index (χ3n) is 9.28. The number of likely N-dealkylation sites (tertiary alicyclic amines) is 1. The summed E-state index contributed by atoms with van der Waals surface area (Å²) in [5.41, 5.74) is -0.948. The van der Waals surface area contributed by atoms with Crippen molar-refractivity contribution in [3.8, 4) is 0 Å². The zero-order chi connectivity index (χ0) is 26.2. The maximum atomic E-state index is 14.3. The fourth-order valence-electron chi connectivity index (χ4n) is 7.60. The van der Waals surface area contributed by atoms with Crippen LogP contribution in [0.3, 0.4) is 0 Å². The molecule has 1 saturated carbocycles. The van der Waals surface area contributed by atoms with E-state index in [1.807, 2.05) is 37.3 Å². The maximum Gasteiger partial charge on any atom is 0.312 e. The van der Waals surface area contributed by atoms with Gasteiger partial charge in [-0.15, -0.1) is 0 Å². The van der Waals surface area contributed by atoms with Crippen molar-refractivity contribution in [3.05, 3.63) is 35.9 Å². The lowest BCUT2D eigenvalue weighted by molar-refractivity contribution is -0.162. The van der Waals surface area contributed by atoms with Gasteiger partial charge in [0.15, 0.2) is 0 Å². The van der Waals surface area contributed by atoms with Crippen molar-refractivity contribution in [1.82, 2.24) is 10.2 Å². The summed E-state index contributed by atoms with van der Waals surface area (Å²) < 4.78 is 12.2. The Kier molecular flexibility index (Phi) is 7.33. The van der Waals surface area contributed by atoms with Crippen LogP contribution in [0.25, 0.3) is 0 Å². The lowest BCUT2D eigenvalue weighted by Gasteiger charge is -2.38. The number of aliphatic hydroxyl groups excluding tert-OH is 1. The van der Waals surface area contributed by atoms with Crippen molar-refractivity contribution < 1.29 is 29.0 Å². The summed E-state index contributed by atoms with van der Waals surface area (Å²) in [6.45, 7) is 3.65. The first kappa shape index (κ1) is 26.2. The van der Waals surface area contributed by atoms with Gasteiger partial charge in [0.25, 0.3) is 0 Å². The number of amides is 2. The van der Waals surface area contributed by atoms with Gasteiger partial charge in [0.2, 0.25) is 11.8 Å². The number of aliphatic hydroxyl groups is 1. The number of fused-ring (bicyclic) bond motifs is 1. The Morgan fingerprint density at radius 2 is 1.89 bits per heavy atom. The van der Waals surface area contributed by atoms with Gasteiger partial charge >= 0.3 is 5.97 Å². The number of nitrogens with zero attached hydrogens (tertiary/aromatic N) is 1. The minimum Gasteiger partial charge on any atom is -0.466 e. The smallest absolute Gasteiger partial charge is 0.312 e. The van der Waals surface area contributed by atoms with Crippen LogP contribution >= 0.6 is 0 Å². The van der Waals surface area contributed by atoms with Gasteiger partial charge in [-0.25, -0.2) is 0 Å². The molecule has 2 bridgehead atoms. The molecule has 0 aromatic heterocycles. The van der Waals surface area contributed by atoms with E-state index in [1.165, 1.54) is 6.42 Å².